The van der Waals surface area contributed by atoms with Crippen LogP contribution in [0.2, 0.25) is 5.02 Å². The number of nitrogens with zero attached hydrogens (tertiary/aromatic N) is 1. The zero-order valence-electron chi connectivity index (χ0n) is 6.84. The zero-order valence-corrected chi connectivity index (χ0v) is 7.60. The van der Waals surface area contributed by atoms with Crippen LogP contribution in [0.1, 0.15) is 5.56 Å². The van der Waals surface area contributed by atoms with Gasteiger partial charge in [0.1, 0.15) is 0 Å². The molecular weight excluding hydrogens is 184 g/mol. The predicted molar refractivity (Wildman–Crippen MR) is 53.6 cm³/mol. The number of halogens is 1. The minimum absolute atomic E-state index is 0.341. The monoisotopic (exact) mass is 190 g/mol. The predicted octanol–water partition coefficient (Wildman–Crippen LogP) is 3.24. The molecule has 1 heterocycles. The standard InChI is InChI=1S/C10H7ClN2/c1-12-6-8-5-10-7(2-3-13-10)4-9(8)11/h2-5,13H,6H2. The maximum atomic E-state index is 6.76. The zero-order chi connectivity index (χ0) is 9.26. The molecule has 3 heteroatoms. The summed E-state index contributed by atoms with van der Waals surface area (Å²) in [6, 6.07) is 5.77. The number of fused-ring (bicyclic) bond motifs is 1. The minimum Gasteiger partial charge on any atom is -0.361 e. The van der Waals surface area contributed by atoms with Crippen molar-refractivity contribution in [3.63, 3.8) is 0 Å². The van der Waals surface area contributed by atoms with Crippen molar-refractivity contribution in [1.82, 2.24) is 4.98 Å². The van der Waals surface area contributed by atoms with Crippen molar-refractivity contribution in [2.24, 2.45) is 0 Å². The molecule has 2 aromatic rings. The van der Waals surface area contributed by atoms with Crippen molar-refractivity contribution in [2.45, 2.75) is 6.54 Å². The van der Waals surface area contributed by atoms with Crippen LogP contribution < -0.4 is 0 Å². The number of rotatable bonds is 1. The molecule has 0 radical (unpaired) electrons. The van der Waals surface area contributed by atoms with Crippen molar-refractivity contribution < 1.29 is 0 Å². The molecule has 1 aromatic heterocycles. The average Bonchev–Trinajstić information content (AvgIpc) is 2.52. The van der Waals surface area contributed by atoms with Crippen molar-refractivity contribution in [1.29, 1.82) is 0 Å². The van der Waals surface area contributed by atoms with Crippen LogP contribution in [0.25, 0.3) is 15.7 Å². The van der Waals surface area contributed by atoms with Gasteiger partial charge in [0.25, 0.3) is 0 Å². The number of aromatic amines is 1. The first-order chi connectivity index (χ1) is 6.31. The van der Waals surface area contributed by atoms with Gasteiger partial charge >= 0.3 is 0 Å². The number of benzene rings is 1. The minimum atomic E-state index is 0.341. The smallest absolute Gasteiger partial charge is 0.241 e. The first-order valence-corrected chi connectivity index (χ1v) is 4.28. The van der Waals surface area contributed by atoms with Gasteiger partial charge in [0, 0.05) is 17.1 Å². The van der Waals surface area contributed by atoms with E-state index in [1.54, 1.807) is 0 Å². The van der Waals surface area contributed by atoms with Gasteiger partial charge in [0.05, 0.1) is 10.6 Å². The third-order valence-corrected chi connectivity index (χ3v) is 2.32. The van der Waals surface area contributed by atoms with Crippen LogP contribution in [-0.2, 0) is 6.54 Å². The van der Waals surface area contributed by atoms with E-state index in [2.05, 4.69) is 9.83 Å². The highest BCUT2D eigenvalue weighted by Gasteiger charge is 2.05. The molecule has 0 aliphatic rings. The van der Waals surface area contributed by atoms with Crippen molar-refractivity contribution in [3.8, 4) is 0 Å². The van der Waals surface area contributed by atoms with Crippen LogP contribution in [0.3, 0.4) is 0 Å². The van der Waals surface area contributed by atoms with Gasteiger partial charge in [-0.1, -0.05) is 11.6 Å². The van der Waals surface area contributed by atoms with Gasteiger partial charge in [-0.05, 0) is 18.2 Å². The lowest BCUT2D eigenvalue weighted by Crippen LogP contribution is -1.81. The lowest BCUT2D eigenvalue weighted by molar-refractivity contribution is 1.27. The summed E-state index contributed by atoms with van der Waals surface area (Å²) in [6.45, 7) is 7.11. The molecule has 0 unspecified atom stereocenters. The van der Waals surface area contributed by atoms with E-state index in [0.29, 0.717) is 11.6 Å². The topological polar surface area (TPSA) is 20.1 Å². The number of hydrogen-bond donors (Lipinski definition) is 1. The molecule has 64 valence electrons. The van der Waals surface area contributed by atoms with Crippen LogP contribution in [-0.4, -0.2) is 4.98 Å². The Morgan fingerprint density at radius 2 is 2.31 bits per heavy atom. The molecule has 0 amide bonds. The van der Waals surface area contributed by atoms with Crippen LogP contribution in [0, 0.1) is 6.57 Å². The van der Waals surface area contributed by atoms with Crippen molar-refractivity contribution >= 4 is 22.5 Å². The van der Waals surface area contributed by atoms with Gasteiger partial charge < -0.3 is 9.83 Å². The SMILES string of the molecule is [C-]#[N+]Cc1cc2[nH]ccc2cc1Cl. The van der Waals surface area contributed by atoms with E-state index in [1.807, 2.05) is 24.4 Å². The maximum Gasteiger partial charge on any atom is 0.241 e. The molecule has 1 N–H and O–H groups in total. The lowest BCUT2D eigenvalue weighted by atomic mass is 10.1. The highest BCUT2D eigenvalue weighted by atomic mass is 35.5. The van der Waals surface area contributed by atoms with Crippen molar-refractivity contribution in [2.75, 3.05) is 0 Å². The van der Waals surface area contributed by atoms with Crippen molar-refractivity contribution in [3.05, 3.63) is 46.4 Å². The normalized spacial score (nSPS) is 10.2. The van der Waals surface area contributed by atoms with Gasteiger partial charge in [-0.25, -0.2) is 6.57 Å². The van der Waals surface area contributed by atoms with Crippen LogP contribution >= 0.6 is 11.6 Å². The van der Waals surface area contributed by atoms with E-state index in [4.69, 9.17) is 18.2 Å². The highest BCUT2D eigenvalue weighted by molar-refractivity contribution is 6.32. The Morgan fingerprint density at radius 1 is 1.46 bits per heavy atom. The molecule has 0 fully saturated rings. The number of hydrogen-bond acceptors (Lipinski definition) is 0. The fourth-order valence-corrected chi connectivity index (χ4v) is 1.56. The molecule has 0 spiro atoms. The summed E-state index contributed by atoms with van der Waals surface area (Å²) in [6.07, 6.45) is 1.86. The summed E-state index contributed by atoms with van der Waals surface area (Å²) in [4.78, 5) is 6.39. The highest BCUT2D eigenvalue weighted by Crippen LogP contribution is 2.23. The van der Waals surface area contributed by atoms with Gasteiger partial charge in [-0.3, -0.25) is 0 Å². The molecule has 0 saturated carbocycles. The third kappa shape index (κ3) is 1.39. The van der Waals surface area contributed by atoms with Gasteiger partial charge in [0.2, 0.25) is 6.54 Å². The Hall–Kier alpha value is -1.46. The van der Waals surface area contributed by atoms with Crippen LogP contribution in [0.5, 0.6) is 0 Å². The molecule has 0 aliphatic carbocycles. The van der Waals surface area contributed by atoms with Crippen LogP contribution in [0.15, 0.2) is 24.4 Å². The number of aromatic nitrogens is 1. The fraction of sp³-hybridized carbons (Fsp3) is 0.100. The molecule has 2 nitrogen and oxygen atoms in total. The van der Waals surface area contributed by atoms with Gasteiger partial charge in [-0.15, -0.1) is 0 Å². The molecule has 0 bridgehead atoms. The van der Waals surface area contributed by atoms with Gasteiger partial charge in [-0.2, -0.15) is 0 Å². The summed E-state index contributed by atoms with van der Waals surface area (Å²) in [5, 5.41) is 1.75. The molecule has 13 heavy (non-hydrogen) atoms. The Bertz CT molecular complexity index is 479. The van der Waals surface area contributed by atoms with E-state index >= 15 is 0 Å². The van der Waals surface area contributed by atoms with E-state index in [-0.39, 0.29) is 0 Å². The van der Waals surface area contributed by atoms with E-state index in [0.717, 1.165) is 16.5 Å². The van der Waals surface area contributed by atoms with E-state index in [9.17, 15) is 0 Å². The fourth-order valence-electron chi connectivity index (χ4n) is 1.32. The largest absolute Gasteiger partial charge is 0.361 e. The summed E-state index contributed by atoms with van der Waals surface area (Å²) in [5.41, 5.74) is 1.91. The maximum absolute atomic E-state index is 6.76. The van der Waals surface area contributed by atoms with Gasteiger partial charge in [0.15, 0.2) is 0 Å². The molecule has 2 rings (SSSR count). The second-order valence-electron chi connectivity index (χ2n) is 2.82. The summed E-state index contributed by atoms with van der Waals surface area (Å²) in [5.74, 6) is 0. The second kappa shape index (κ2) is 3.12. The summed E-state index contributed by atoms with van der Waals surface area (Å²) < 4.78 is 0. The third-order valence-electron chi connectivity index (χ3n) is 1.97. The number of H-pyrrole nitrogens is 1. The van der Waals surface area contributed by atoms with Crippen LogP contribution in [0.4, 0.5) is 0 Å². The van der Waals surface area contributed by atoms with E-state index in [1.165, 1.54) is 0 Å². The lowest BCUT2D eigenvalue weighted by Gasteiger charge is -1.97. The quantitative estimate of drug-likeness (QED) is 0.667. The first-order valence-electron chi connectivity index (χ1n) is 3.90. The first kappa shape index (κ1) is 8.15. The Morgan fingerprint density at radius 3 is 3.08 bits per heavy atom. The Labute approximate surface area is 81.0 Å². The Kier molecular flexibility index (Phi) is 1.96. The van der Waals surface area contributed by atoms with E-state index < -0.39 is 0 Å². The summed E-state index contributed by atoms with van der Waals surface area (Å²) in [7, 11) is 0. The second-order valence-corrected chi connectivity index (χ2v) is 3.23. The molecular formula is C10H7ClN2. The molecule has 0 saturated heterocycles. The Balaban J connectivity index is 2.64. The average molecular weight is 191 g/mol. The molecule has 1 aromatic carbocycles. The number of nitrogens with one attached hydrogen (secondary N) is 1. The molecule has 0 atom stereocenters. The molecule has 0 aliphatic heterocycles. The summed E-state index contributed by atoms with van der Waals surface area (Å²) >= 11 is 5.98.